The minimum atomic E-state index is -0.200. The van der Waals surface area contributed by atoms with Crippen LogP contribution in [0.15, 0.2) is 54.6 Å². The van der Waals surface area contributed by atoms with Gasteiger partial charge in [-0.15, -0.1) is 0 Å². The number of rotatable bonds is 4. The highest BCUT2D eigenvalue weighted by atomic mass is 16.5. The average molecular weight is 252 g/mol. The largest absolute Gasteiger partial charge is 0.484 e. The normalized spacial score (nSPS) is 13.3. The van der Waals surface area contributed by atoms with Crippen molar-refractivity contribution in [3.05, 3.63) is 65.7 Å². The molecule has 0 spiro atoms. The highest BCUT2D eigenvalue weighted by Gasteiger charge is 2.17. The Morgan fingerprint density at radius 2 is 1.68 bits per heavy atom. The van der Waals surface area contributed by atoms with E-state index in [0.29, 0.717) is 11.3 Å². The molecule has 0 amide bonds. The van der Waals surface area contributed by atoms with Crippen LogP contribution in [0.4, 0.5) is 0 Å². The monoisotopic (exact) mass is 252 g/mol. The van der Waals surface area contributed by atoms with Crippen molar-refractivity contribution in [2.75, 3.05) is 0 Å². The molecule has 0 aliphatic carbocycles. The van der Waals surface area contributed by atoms with Crippen LogP contribution in [0.25, 0.3) is 0 Å². The maximum absolute atomic E-state index is 8.77. The number of benzene rings is 2. The molecule has 0 radical (unpaired) electrons. The number of nitrogens with two attached hydrogens (primary N) is 1. The van der Waals surface area contributed by atoms with Crippen LogP contribution in [-0.4, -0.2) is 6.04 Å². The van der Waals surface area contributed by atoms with Gasteiger partial charge in [-0.05, 0) is 36.8 Å². The molecular weight excluding hydrogens is 236 g/mol. The van der Waals surface area contributed by atoms with E-state index in [4.69, 9.17) is 15.7 Å². The first kappa shape index (κ1) is 13.1. The number of nitriles is 1. The summed E-state index contributed by atoms with van der Waals surface area (Å²) in [5.41, 5.74) is 7.65. The molecule has 3 nitrogen and oxygen atoms in total. The second-order valence-corrected chi connectivity index (χ2v) is 4.44. The summed E-state index contributed by atoms with van der Waals surface area (Å²) in [4.78, 5) is 0. The molecule has 0 heterocycles. The van der Waals surface area contributed by atoms with Crippen molar-refractivity contribution in [3.8, 4) is 11.8 Å². The molecule has 2 rings (SSSR count). The smallest absolute Gasteiger partial charge is 0.138 e. The minimum absolute atomic E-state index is 0.127. The van der Waals surface area contributed by atoms with Crippen molar-refractivity contribution < 1.29 is 4.74 Å². The van der Waals surface area contributed by atoms with Crippen LogP contribution in [0.2, 0.25) is 0 Å². The predicted octanol–water partition coefficient (Wildman–Crippen LogP) is 3.03. The molecule has 0 aromatic heterocycles. The molecule has 0 saturated heterocycles. The lowest BCUT2D eigenvalue weighted by Crippen LogP contribution is -2.29. The second kappa shape index (κ2) is 6.03. The molecule has 2 aromatic rings. The van der Waals surface area contributed by atoms with Gasteiger partial charge in [0.1, 0.15) is 11.9 Å². The Kier molecular flexibility index (Phi) is 4.17. The second-order valence-electron chi connectivity index (χ2n) is 4.44. The third-order valence-corrected chi connectivity index (χ3v) is 2.85. The van der Waals surface area contributed by atoms with E-state index in [1.54, 1.807) is 24.3 Å². The maximum atomic E-state index is 8.77. The van der Waals surface area contributed by atoms with Crippen molar-refractivity contribution in [3.63, 3.8) is 0 Å². The van der Waals surface area contributed by atoms with Crippen LogP contribution < -0.4 is 10.5 Å². The Bertz CT molecular complexity index is 556. The van der Waals surface area contributed by atoms with E-state index in [1.807, 2.05) is 37.3 Å². The summed E-state index contributed by atoms with van der Waals surface area (Å²) in [5, 5.41) is 8.77. The van der Waals surface area contributed by atoms with Gasteiger partial charge in [0.2, 0.25) is 0 Å². The number of hydrogen-bond acceptors (Lipinski definition) is 3. The minimum Gasteiger partial charge on any atom is -0.484 e. The van der Waals surface area contributed by atoms with Gasteiger partial charge in [-0.3, -0.25) is 0 Å². The third-order valence-electron chi connectivity index (χ3n) is 2.85. The lowest BCUT2D eigenvalue weighted by molar-refractivity contribution is 0.180. The fourth-order valence-corrected chi connectivity index (χ4v) is 1.88. The van der Waals surface area contributed by atoms with Crippen LogP contribution in [0.5, 0.6) is 5.75 Å². The Hall–Kier alpha value is -2.31. The molecule has 0 aliphatic heterocycles. The molecule has 0 fully saturated rings. The van der Waals surface area contributed by atoms with E-state index in [1.165, 1.54) is 0 Å². The zero-order valence-corrected chi connectivity index (χ0v) is 10.8. The van der Waals surface area contributed by atoms with E-state index in [2.05, 4.69) is 6.07 Å². The fourth-order valence-electron chi connectivity index (χ4n) is 1.88. The number of nitrogens with zero attached hydrogens (tertiary/aromatic N) is 1. The zero-order valence-electron chi connectivity index (χ0n) is 10.8. The highest BCUT2D eigenvalue weighted by molar-refractivity contribution is 5.35. The number of hydrogen-bond donors (Lipinski definition) is 1. The van der Waals surface area contributed by atoms with Crippen LogP contribution >= 0.6 is 0 Å². The maximum Gasteiger partial charge on any atom is 0.138 e. The number of ether oxygens (including phenoxy) is 1. The summed E-state index contributed by atoms with van der Waals surface area (Å²) in [6.45, 7) is 1.92. The van der Waals surface area contributed by atoms with Crippen LogP contribution in [0, 0.1) is 11.3 Å². The Balaban J connectivity index is 2.20. The highest BCUT2D eigenvalue weighted by Crippen LogP contribution is 2.24. The lowest BCUT2D eigenvalue weighted by atomic mass is 10.0. The molecule has 96 valence electrons. The van der Waals surface area contributed by atoms with E-state index >= 15 is 0 Å². The molecule has 0 saturated carbocycles. The van der Waals surface area contributed by atoms with Gasteiger partial charge in [0.15, 0.2) is 0 Å². The van der Waals surface area contributed by atoms with Crippen LogP contribution in [0.3, 0.4) is 0 Å². The molecule has 0 aliphatic rings. The van der Waals surface area contributed by atoms with Gasteiger partial charge in [0.25, 0.3) is 0 Å². The van der Waals surface area contributed by atoms with Crippen molar-refractivity contribution in [1.82, 2.24) is 0 Å². The van der Waals surface area contributed by atoms with E-state index < -0.39 is 0 Å². The topological polar surface area (TPSA) is 59.0 Å². The summed E-state index contributed by atoms with van der Waals surface area (Å²) in [6, 6.07) is 18.9. The first-order valence-corrected chi connectivity index (χ1v) is 6.18. The molecule has 3 heteroatoms. The molecular formula is C16H16N2O. The Morgan fingerprint density at radius 1 is 1.05 bits per heavy atom. The van der Waals surface area contributed by atoms with E-state index in [0.717, 1.165) is 5.56 Å². The molecule has 2 atom stereocenters. The van der Waals surface area contributed by atoms with E-state index in [9.17, 15) is 0 Å². The summed E-state index contributed by atoms with van der Waals surface area (Å²) < 4.78 is 5.93. The SMILES string of the molecule is CC(N)C(Oc1ccc(C#N)cc1)c1ccccc1. The van der Waals surface area contributed by atoms with Gasteiger partial charge in [-0.25, -0.2) is 0 Å². The Morgan fingerprint density at radius 3 is 2.21 bits per heavy atom. The summed E-state index contributed by atoms with van der Waals surface area (Å²) in [7, 11) is 0. The molecule has 19 heavy (non-hydrogen) atoms. The van der Waals surface area contributed by atoms with Crippen molar-refractivity contribution in [2.24, 2.45) is 5.73 Å². The van der Waals surface area contributed by atoms with Gasteiger partial charge in [0, 0.05) is 6.04 Å². The lowest BCUT2D eigenvalue weighted by Gasteiger charge is -2.23. The van der Waals surface area contributed by atoms with Gasteiger partial charge >= 0.3 is 0 Å². The van der Waals surface area contributed by atoms with Gasteiger partial charge in [0.05, 0.1) is 11.6 Å². The Labute approximate surface area is 113 Å². The third kappa shape index (κ3) is 3.34. The van der Waals surface area contributed by atoms with Crippen LogP contribution in [-0.2, 0) is 0 Å². The van der Waals surface area contributed by atoms with Gasteiger partial charge < -0.3 is 10.5 Å². The molecule has 2 N–H and O–H groups in total. The molecule has 2 unspecified atom stereocenters. The fraction of sp³-hybridized carbons (Fsp3) is 0.188. The van der Waals surface area contributed by atoms with Gasteiger partial charge in [-0.2, -0.15) is 5.26 Å². The summed E-state index contributed by atoms with van der Waals surface area (Å²) in [6.07, 6.45) is -0.200. The van der Waals surface area contributed by atoms with Crippen molar-refractivity contribution >= 4 is 0 Å². The standard InChI is InChI=1S/C16H16N2O/c1-12(18)16(14-5-3-2-4-6-14)19-15-9-7-13(11-17)8-10-15/h2-10,12,16H,18H2,1H3. The van der Waals surface area contributed by atoms with Crippen molar-refractivity contribution in [2.45, 2.75) is 19.1 Å². The quantitative estimate of drug-likeness (QED) is 0.909. The van der Waals surface area contributed by atoms with Crippen molar-refractivity contribution in [1.29, 1.82) is 5.26 Å². The molecule has 0 bridgehead atoms. The molecule has 2 aromatic carbocycles. The zero-order chi connectivity index (χ0) is 13.7. The summed E-state index contributed by atoms with van der Waals surface area (Å²) >= 11 is 0. The average Bonchev–Trinajstić information content (AvgIpc) is 2.46. The van der Waals surface area contributed by atoms with Gasteiger partial charge in [-0.1, -0.05) is 30.3 Å². The van der Waals surface area contributed by atoms with Crippen LogP contribution in [0.1, 0.15) is 24.2 Å². The first-order valence-electron chi connectivity index (χ1n) is 6.18. The predicted molar refractivity (Wildman–Crippen MR) is 74.6 cm³/mol. The summed E-state index contributed by atoms with van der Waals surface area (Å²) in [5.74, 6) is 0.713. The first-order chi connectivity index (χ1) is 9.20. The van der Waals surface area contributed by atoms with E-state index in [-0.39, 0.29) is 12.1 Å².